The number of nitrogens with one attached hydrogen (secondary N) is 1. The molecule has 1 amide bonds. The molecule has 29 heavy (non-hydrogen) atoms. The van der Waals surface area contributed by atoms with Gasteiger partial charge in [-0.3, -0.25) is 4.79 Å². The number of nitrogens with zero attached hydrogens (tertiary/aromatic N) is 1. The Morgan fingerprint density at radius 3 is 2.72 bits per heavy atom. The van der Waals surface area contributed by atoms with E-state index in [9.17, 15) is 4.79 Å². The molecular weight excluding hydrogens is 396 g/mol. The number of carbonyl (C=O) groups is 1. The second kappa shape index (κ2) is 9.06. The number of anilines is 1. The van der Waals surface area contributed by atoms with Crippen LogP contribution in [0.25, 0.3) is 0 Å². The van der Waals surface area contributed by atoms with Gasteiger partial charge in [0.25, 0.3) is 5.91 Å². The molecule has 5 heteroatoms. The molecule has 0 spiro atoms. The van der Waals surface area contributed by atoms with Gasteiger partial charge in [0.15, 0.2) is 0 Å². The third kappa shape index (κ3) is 4.68. The number of rotatable bonds is 4. The Bertz CT molecular complexity index is 1030. The van der Waals surface area contributed by atoms with Crippen molar-refractivity contribution in [1.82, 2.24) is 0 Å². The van der Waals surface area contributed by atoms with Crippen molar-refractivity contribution in [3.05, 3.63) is 67.7 Å². The first kappa shape index (κ1) is 20.0. The highest BCUT2D eigenvalue weighted by Crippen LogP contribution is 2.39. The lowest BCUT2D eigenvalue weighted by Crippen LogP contribution is -2.15. The normalized spacial score (nSPS) is 14.4. The number of fused-ring (bicyclic) bond motifs is 1. The first-order valence-corrected chi connectivity index (χ1v) is 11.9. The number of carbonyl (C=O) groups excluding carboxylic acids is 1. The summed E-state index contributed by atoms with van der Waals surface area (Å²) < 4.78 is 0. The highest BCUT2D eigenvalue weighted by molar-refractivity contribution is 7.16. The summed E-state index contributed by atoms with van der Waals surface area (Å²) in [5.41, 5.74) is 5.10. The summed E-state index contributed by atoms with van der Waals surface area (Å²) in [4.78, 5) is 20.6. The summed E-state index contributed by atoms with van der Waals surface area (Å²) in [6, 6.07) is 10.2. The highest BCUT2D eigenvalue weighted by atomic mass is 32.1. The van der Waals surface area contributed by atoms with Gasteiger partial charge in [0.1, 0.15) is 5.00 Å². The Hall–Kier alpha value is -2.24. The minimum absolute atomic E-state index is 0.0323. The molecule has 0 bridgehead atoms. The SMILES string of the molecule is Cc1ccc(C)c(NC(=O)c2c(N=Cc3cccs3)sc3c2CCCCCC3)c1. The fourth-order valence-electron chi connectivity index (χ4n) is 3.77. The zero-order chi connectivity index (χ0) is 20.2. The van der Waals surface area contributed by atoms with Crippen molar-refractivity contribution >= 4 is 45.5 Å². The van der Waals surface area contributed by atoms with Gasteiger partial charge in [-0.15, -0.1) is 22.7 Å². The molecule has 150 valence electrons. The number of aryl methyl sites for hydroxylation is 3. The topological polar surface area (TPSA) is 41.5 Å². The second-order valence-corrected chi connectivity index (χ2v) is 9.71. The van der Waals surface area contributed by atoms with Crippen LogP contribution in [0, 0.1) is 13.8 Å². The van der Waals surface area contributed by atoms with Crippen LogP contribution in [0.2, 0.25) is 0 Å². The minimum atomic E-state index is -0.0323. The number of aliphatic imine (C=N–C) groups is 1. The van der Waals surface area contributed by atoms with Gasteiger partial charge in [0, 0.05) is 21.7 Å². The lowest BCUT2D eigenvalue weighted by molar-refractivity contribution is 0.102. The van der Waals surface area contributed by atoms with E-state index in [1.54, 1.807) is 22.7 Å². The highest BCUT2D eigenvalue weighted by Gasteiger charge is 2.24. The lowest BCUT2D eigenvalue weighted by Gasteiger charge is -2.13. The van der Waals surface area contributed by atoms with Crippen molar-refractivity contribution in [2.24, 2.45) is 4.99 Å². The molecule has 0 fully saturated rings. The standard InChI is InChI=1S/C24H26N2OS2/c1-16-11-12-17(2)20(14-16)26-23(27)22-19-9-5-3-4-6-10-21(19)29-24(22)25-15-18-8-7-13-28-18/h7-8,11-15H,3-6,9-10H2,1-2H3,(H,26,27). The maximum atomic E-state index is 13.4. The van der Waals surface area contributed by atoms with Crippen LogP contribution in [0.5, 0.6) is 0 Å². The van der Waals surface area contributed by atoms with Gasteiger partial charge in [0.05, 0.1) is 5.56 Å². The van der Waals surface area contributed by atoms with Gasteiger partial charge < -0.3 is 5.32 Å². The predicted octanol–water partition coefficient (Wildman–Crippen LogP) is 7.09. The zero-order valence-corrected chi connectivity index (χ0v) is 18.6. The molecule has 4 rings (SSSR count). The van der Waals surface area contributed by atoms with Crippen molar-refractivity contribution in [2.75, 3.05) is 5.32 Å². The molecule has 0 atom stereocenters. The summed E-state index contributed by atoms with van der Waals surface area (Å²) in [6.45, 7) is 4.08. The Morgan fingerprint density at radius 1 is 1.10 bits per heavy atom. The van der Waals surface area contributed by atoms with Crippen LogP contribution in [-0.2, 0) is 12.8 Å². The molecular formula is C24H26N2OS2. The molecule has 2 aromatic heterocycles. The van der Waals surface area contributed by atoms with Gasteiger partial charge >= 0.3 is 0 Å². The average molecular weight is 423 g/mol. The molecule has 1 aliphatic carbocycles. The number of benzene rings is 1. The van der Waals surface area contributed by atoms with E-state index in [-0.39, 0.29) is 5.91 Å². The number of amides is 1. The van der Waals surface area contributed by atoms with Gasteiger partial charge in [-0.05, 0) is 73.7 Å². The first-order chi connectivity index (χ1) is 14.1. The Kier molecular flexibility index (Phi) is 6.26. The first-order valence-electron chi connectivity index (χ1n) is 10.2. The molecule has 2 heterocycles. The summed E-state index contributed by atoms with van der Waals surface area (Å²) in [6.07, 6.45) is 8.75. The van der Waals surface area contributed by atoms with E-state index in [0.717, 1.165) is 51.5 Å². The minimum Gasteiger partial charge on any atom is -0.322 e. The number of hydrogen-bond acceptors (Lipinski definition) is 4. The van der Waals surface area contributed by atoms with E-state index in [1.807, 2.05) is 43.6 Å². The lowest BCUT2D eigenvalue weighted by atomic mass is 9.96. The number of thiophene rings is 2. The third-order valence-electron chi connectivity index (χ3n) is 5.37. The van der Waals surface area contributed by atoms with Crippen molar-refractivity contribution < 1.29 is 4.79 Å². The largest absolute Gasteiger partial charge is 0.322 e. The molecule has 0 saturated carbocycles. The zero-order valence-electron chi connectivity index (χ0n) is 17.0. The Balaban J connectivity index is 1.72. The van der Waals surface area contributed by atoms with Crippen LogP contribution in [-0.4, -0.2) is 12.1 Å². The molecule has 1 aromatic carbocycles. The molecule has 1 N–H and O–H groups in total. The molecule has 1 aliphatic rings. The van der Waals surface area contributed by atoms with Crippen molar-refractivity contribution in [3.8, 4) is 0 Å². The van der Waals surface area contributed by atoms with Gasteiger partial charge in [0.2, 0.25) is 0 Å². The monoisotopic (exact) mass is 422 g/mol. The van der Waals surface area contributed by atoms with Crippen molar-refractivity contribution in [1.29, 1.82) is 0 Å². The molecule has 3 nitrogen and oxygen atoms in total. The van der Waals surface area contributed by atoms with E-state index in [2.05, 4.69) is 17.4 Å². The summed E-state index contributed by atoms with van der Waals surface area (Å²) in [5, 5.41) is 6.06. The van der Waals surface area contributed by atoms with Crippen LogP contribution >= 0.6 is 22.7 Å². The van der Waals surface area contributed by atoms with Crippen molar-refractivity contribution in [3.63, 3.8) is 0 Å². The van der Waals surface area contributed by atoms with E-state index in [1.165, 1.54) is 29.7 Å². The van der Waals surface area contributed by atoms with E-state index in [4.69, 9.17) is 4.99 Å². The molecule has 0 aliphatic heterocycles. The summed E-state index contributed by atoms with van der Waals surface area (Å²) >= 11 is 3.36. The molecule has 0 unspecified atom stereocenters. The van der Waals surface area contributed by atoms with Crippen LogP contribution in [0.3, 0.4) is 0 Å². The molecule has 3 aromatic rings. The summed E-state index contributed by atoms with van der Waals surface area (Å²) in [5.74, 6) is -0.0323. The van der Waals surface area contributed by atoms with Crippen molar-refractivity contribution in [2.45, 2.75) is 52.4 Å². The van der Waals surface area contributed by atoms with E-state index >= 15 is 0 Å². The second-order valence-electron chi connectivity index (χ2n) is 7.64. The van der Waals surface area contributed by atoms with E-state index < -0.39 is 0 Å². The Morgan fingerprint density at radius 2 is 1.93 bits per heavy atom. The third-order valence-corrected chi connectivity index (χ3v) is 7.38. The van der Waals surface area contributed by atoms with E-state index in [0.29, 0.717) is 0 Å². The van der Waals surface area contributed by atoms with Gasteiger partial charge in [-0.25, -0.2) is 4.99 Å². The van der Waals surface area contributed by atoms with Gasteiger partial charge in [-0.2, -0.15) is 0 Å². The van der Waals surface area contributed by atoms with Crippen LogP contribution in [0.4, 0.5) is 10.7 Å². The summed E-state index contributed by atoms with van der Waals surface area (Å²) in [7, 11) is 0. The average Bonchev–Trinajstić information content (AvgIpc) is 3.31. The fourth-order valence-corrected chi connectivity index (χ4v) is 5.59. The maximum Gasteiger partial charge on any atom is 0.259 e. The van der Waals surface area contributed by atoms with Crippen LogP contribution < -0.4 is 5.32 Å². The Labute approximate surface area is 180 Å². The fraction of sp³-hybridized carbons (Fsp3) is 0.333. The van der Waals surface area contributed by atoms with Crippen LogP contribution in [0.1, 0.15) is 62.5 Å². The molecule has 0 radical (unpaired) electrons. The van der Waals surface area contributed by atoms with Crippen LogP contribution in [0.15, 0.2) is 40.7 Å². The predicted molar refractivity (Wildman–Crippen MR) is 126 cm³/mol. The molecule has 0 saturated heterocycles. The van der Waals surface area contributed by atoms with Gasteiger partial charge in [-0.1, -0.05) is 31.0 Å². The quantitative estimate of drug-likeness (QED) is 0.448. The number of hydrogen-bond donors (Lipinski definition) is 1. The maximum absolute atomic E-state index is 13.4. The smallest absolute Gasteiger partial charge is 0.259 e.